The van der Waals surface area contributed by atoms with Crippen LogP contribution in [0, 0.1) is 0 Å². The van der Waals surface area contributed by atoms with Crippen LogP contribution in [0.2, 0.25) is 0 Å². The van der Waals surface area contributed by atoms with E-state index in [-0.39, 0.29) is 0 Å². The van der Waals surface area contributed by atoms with Gasteiger partial charge in [0.1, 0.15) is 11.2 Å². The average molecular weight is 419 g/mol. The summed E-state index contributed by atoms with van der Waals surface area (Å²) in [6.45, 7) is 7.32. The van der Waals surface area contributed by atoms with Crippen LogP contribution in [0.25, 0.3) is 55.0 Å². The highest BCUT2D eigenvalue weighted by Crippen LogP contribution is 2.51. The minimum Gasteiger partial charge on any atom is -0.456 e. The van der Waals surface area contributed by atoms with Crippen molar-refractivity contribution in [2.24, 2.45) is 0 Å². The van der Waals surface area contributed by atoms with E-state index in [1.165, 1.54) is 38.4 Å². The summed E-state index contributed by atoms with van der Waals surface area (Å²) < 4.78 is 12.2. The van der Waals surface area contributed by atoms with E-state index in [2.05, 4.69) is 54.6 Å². The third-order valence-electron chi connectivity index (χ3n) is 7.07. The summed E-state index contributed by atoms with van der Waals surface area (Å²) in [5.74, 6) is 0. The zero-order valence-corrected chi connectivity index (χ0v) is 18.7. The molecule has 1 aliphatic rings. The van der Waals surface area contributed by atoms with Crippen LogP contribution in [0.5, 0.6) is 0 Å². The maximum atomic E-state index is 10.4. The largest absolute Gasteiger partial charge is 0.456 e. The van der Waals surface area contributed by atoms with Crippen molar-refractivity contribution in [2.75, 3.05) is 0 Å². The summed E-state index contributed by atoms with van der Waals surface area (Å²) in [5.41, 5.74) is 6.02. The van der Waals surface area contributed by atoms with Crippen LogP contribution in [-0.2, 0) is 4.65 Å². The van der Waals surface area contributed by atoms with Crippen LogP contribution in [0.3, 0.4) is 0 Å². The Bertz CT molecular complexity index is 1540. The molecule has 0 amide bonds. The molecule has 0 aliphatic heterocycles. The second-order valence-corrected chi connectivity index (χ2v) is 9.74. The number of hydrogen-bond donors (Lipinski definition) is 1. The van der Waals surface area contributed by atoms with Crippen molar-refractivity contribution in [2.45, 2.75) is 38.9 Å². The molecule has 1 N–H and O–H groups in total. The summed E-state index contributed by atoms with van der Waals surface area (Å²) in [6, 6.07) is 23.3. The molecule has 5 aromatic rings. The molecule has 0 saturated heterocycles. The number of rotatable bonds is 4. The molecule has 3 nitrogen and oxygen atoms in total. The molecule has 4 aromatic carbocycles. The first-order valence-corrected chi connectivity index (χ1v) is 11.0. The van der Waals surface area contributed by atoms with Gasteiger partial charge in [-0.1, -0.05) is 60.1 Å². The van der Waals surface area contributed by atoms with Crippen LogP contribution in [0.15, 0.2) is 71.1 Å². The molecule has 0 unspecified atom stereocenters. The predicted molar refractivity (Wildman–Crippen MR) is 133 cm³/mol. The molecule has 0 bridgehead atoms. The first-order chi connectivity index (χ1) is 15.2. The van der Waals surface area contributed by atoms with Gasteiger partial charge >= 0.3 is 7.48 Å². The molecule has 0 spiro atoms. The van der Waals surface area contributed by atoms with Gasteiger partial charge in [0.2, 0.25) is 0 Å². The van der Waals surface area contributed by atoms with Crippen LogP contribution in [0.4, 0.5) is 0 Å². The standard InChI is InChI=1S/C28H24BO3/c1-27(2,30)28(3,4)32-29-17-12-13-19-21(15-17)18-10-7-8-16-14-23-25(26(19)24(16)18)20-9-5-6-11-22(20)31-23/h5-15,30H,1-4H3. The predicted octanol–water partition coefficient (Wildman–Crippen LogP) is 6.20. The van der Waals surface area contributed by atoms with Crippen molar-refractivity contribution >= 4 is 45.7 Å². The van der Waals surface area contributed by atoms with Gasteiger partial charge in [0.05, 0.1) is 11.2 Å². The Kier molecular flexibility index (Phi) is 3.96. The lowest BCUT2D eigenvalue weighted by molar-refractivity contribution is -0.0893. The first-order valence-electron chi connectivity index (χ1n) is 11.0. The third-order valence-corrected chi connectivity index (χ3v) is 7.07. The van der Waals surface area contributed by atoms with Crippen LogP contribution in [0.1, 0.15) is 27.7 Å². The number of para-hydroxylation sites is 1. The molecule has 0 atom stereocenters. The van der Waals surface area contributed by atoms with Gasteiger partial charge < -0.3 is 14.2 Å². The molecule has 6 rings (SSSR count). The molecule has 1 radical (unpaired) electrons. The van der Waals surface area contributed by atoms with E-state index in [0.29, 0.717) is 0 Å². The lowest BCUT2D eigenvalue weighted by Gasteiger charge is -2.37. The molecule has 32 heavy (non-hydrogen) atoms. The van der Waals surface area contributed by atoms with E-state index >= 15 is 0 Å². The van der Waals surface area contributed by atoms with E-state index in [4.69, 9.17) is 9.07 Å². The lowest BCUT2D eigenvalue weighted by Crippen LogP contribution is -2.49. The minimum absolute atomic E-state index is 0.711. The van der Waals surface area contributed by atoms with Crippen molar-refractivity contribution in [1.82, 2.24) is 0 Å². The molecule has 1 heterocycles. The number of aliphatic hydroxyl groups is 1. The fourth-order valence-corrected chi connectivity index (χ4v) is 4.59. The van der Waals surface area contributed by atoms with Gasteiger partial charge in [-0.15, -0.1) is 0 Å². The molecular formula is C28H24BO3. The highest BCUT2D eigenvalue weighted by molar-refractivity contribution is 6.47. The highest BCUT2D eigenvalue weighted by Gasteiger charge is 2.36. The summed E-state index contributed by atoms with van der Waals surface area (Å²) >= 11 is 0. The Morgan fingerprint density at radius 3 is 2.41 bits per heavy atom. The number of benzene rings is 4. The fourth-order valence-electron chi connectivity index (χ4n) is 4.59. The van der Waals surface area contributed by atoms with Gasteiger partial charge in [-0.2, -0.15) is 0 Å². The molecular weight excluding hydrogens is 395 g/mol. The van der Waals surface area contributed by atoms with Crippen molar-refractivity contribution in [1.29, 1.82) is 0 Å². The van der Waals surface area contributed by atoms with E-state index in [1.54, 1.807) is 21.3 Å². The summed E-state index contributed by atoms with van der Waals surface area (Å²) in [5, 5.41) is 15.2. The first kappa shape index (κ1) is 19.6. The van der Waals surface area contributed by atoms with Gasteiger partial charge in [0.25, 0.3) is 0 Å². The Labute approximate surface area is 187 Å². The number of furan rings is 1. The maximum absolute atomic E-state index is 10.4. The lowest BCUT2D eigenvalue weighted by atomic mass is 9.81. The summed E-state index contributed by atoms with van der Waals surface area (Å²) in [6.07, 6.45) is 0. The second-order valence-electron chi connectivity index (χ2n) is 9.74. The maximum Gasteiger partial charge on any atom is 0.330 e. The van der Waals surface area contributed by atoms with Gasteiger partial charge in [-0.3, -0.25) is 0 Å². The third kappa shape index (κ3) is 2.70. The molecule has 0 fully saturated rings. The quantitative estimate of drug-likeness (QED) is 0.346. The highest BCUT2D eigenvalue weighted by atomic mass is 16.5. The molecule has 1 aliphatic carbocycles. The zero-order valence-electron chi connectivity index (χ0n) is 18.7. The van der Waals surface area contributed by atoms with Crippen molar-refractivity contribution in [3.63, 3.8) is 0 Å². The summed E-state index contributed by atoms with van der Waals surface area (Å²) in [7, 11) is 1.75. The van der Waals surface area contributed by atoms with E-state index in [9.17, 15) is 5.11 Å². The average Bonchev–Trinajstić information content (AvgIpc) is 3.28. The van der Waals surface area contributed by atoms with Crippen molar-refractivity contribution in [3.05, 3.63) is 66.7 Å². The molecule has 4 heteroatoms. The monoisotopic (exact) mass is 419 g/mol. The van der Waals surface area contributed by atoms with E-state index in [0.717, 1.165) is 22.0 Å². The van der Waals surface area contributed by atoms with Gasteiger partial charge in [0.15, 0.2) is 0 Å². The van der Waals surface area contributed by atoms with E-state index in [1.807, 2.05) is 26.0 Å². The van der Waals surface area contributed by atoms with Crippen LogP contribution in [-0.4, -0.2) is 23.8 Å². The van der Waals surface area contributed by atoms with Crippen LogP contribution >= 0.6 is 0 Å². The van der Waals surface area contributed by atoms with Crippen LogP contribution < -0.4 is 5.46 Å². The topological polar surface area (TPSA) is 42.6 Å². The molecule has 0 saturated carbocycles. The van der Waals surface area contributed by atoms with Crippen molar-refractivity contribution in [3.8, 4) is 22.3 Å². The minimum atomic E-state index is -0.962. The fraction of sp³-hybridized carbons (Fsp3) is 0.214. The number of fused-ring (bicyclic) bond motifs is 7. The number of hydrogen-bond acceptors (Lipinski definition) is 3. The molecule has 157 valence electrons. The smallest absolute Gasteiger partial charge is 0.330 e. The Morgan fingerprint density at radius 1 is 0.781 bits per heavy atom. The Balaban J connectivity index is 1.54. The zero-order chi connectivity index (χ0) is 22.3. The van der Waals surface area contributed by atoms with Crippen molar-refractivity contribution < 1.29 is 14.2 Å². The van der Waals surface area contributed by atoms with E-state index < -0.39 is 11.2 Å². The van der Waals surface area contributed by atoms with Gasteiger partial charge in [-0.05, 0) is 67.3 Å². The second kappa shape index (κ2) is 6.47. The van der Waals surface area contributed by atoms with Gasteiger partial charge in [0, 0.05) is 16.3 Å². The molecule has 1 aromatic heterocycles. The SMILES string of the molecule is CC(C)(O)C(C)(C)O[B]c1ccc2c(c1)-c1cccc3cc4oc5ccccc5c4c-2c13. The van der Waals surface area contributed by atoms with Gasteiger partial charge in [-0.25, -0.2) is 0 Å². The normalized spacial score (nSPS) is 13.3. The summed E-state index contributed by atoms with van der Waals surface area (Å²) in [4.78, 5) is 0. The Morgan fingerprint density at radius 2 is 1.59 bits per heavy atom. The Hall–Kier alpha value is -3.08.